The lowest BCUT2D eigenvalue weighted by molar-refractivity contribution is -0.138. The third-order valence-electron chi connectivity index (χ3n) is 3.64. The quantitative estimate of drug-likeness (QED) is 0.629. The van der Waals surface area contributed by atoms with E-state index < -0.39 is 29.9 Å². The van der Waals surface area contributed by atoms with Gasteiger partial charge in [-0.1, -0.05) is 12.1 Å². The summed E-state index contributed by atoms with van der Waals surface area (Å²) in [5.41, 5.74) is 0.446. The Morgan fingerprint density at radius 2 is 1.96 bits per heavy atom. The van der Waals surface area contributed by atoms with Gasteiger partial charge in [-0.3, -0.25) is 14.4 Å². The maximum absolute atomic E-state index is 12.5. The Morgan fingerprint density at radius 3 is 2.56 bits per heavy atom. The van der Waals surface area contributed by atoms with Gasteiger partial charge in [-0.25, -0.2) is 0 Å². The Balaban J connectivity index is 2.07. The average molecular weight is 348 g/mol. The number of carbonyl (C=O) groups is 3. The fourth-order valence-electron chi connectivity index (χ4n) is 2.45. The summed E-state index contributed by atoms with van der Waals surface area (Å²) in [4.78, 5) is 36.4. The summed E-state index contributed by atoms with van der Waals surface area (Å²) >= 11 is 0. The fraction of sp³-hybridized carbons (Fsp3) is 0.353. The molecule has 8 heteroatoms. The van der Waals surface area contributed by atoms with Crippen LogP contribution >= 0.6 is 0 Å². The van der Waals surface area contributed by atoms with E-state index in [0.717, 1.165) is 11.3 Å². The lowest BCUT2D eigenvalue weighted by atomic mass is 10.0. The van der Waals surface area contributed by atoms with Gasteiger partial charge >= 0.3 is 5.97 Å². The Hall–Kier alpha value is -3.03. The molecule has 0 saturated heterocycles. The lowest BCUT2D eigenvalue weighted by Gasteiger charge is -2.28. The standard InChI is InChI=1S/C17H20N2O6/c1-2-25-12-5-3-11(4-6-12)10-19-8-7-13(20)15(17(19)24)16(23)18-9-14(21)22/h3-6,20H,2,7-10H2,1H3,(H,18,23)(H,21,22). The molecule has 1 aromatic rings. The topological polar surface area (TPSA) is 116 Å². The van der Waals surface area contributed by atoms with Gasteiger partial charge in [0.2, 0.25) is 0 Å². The molecule has 2 amide bonds. The van der Waals surface area contributed by atoms with E-state index in [-0.39, 0.29) is 25.3 Å². The number of aliphatic carboxylic acids is 1. The van der Waals surface area contributed by atoms with Crippen molar-refractivity contribution >= 4 is 17.8 Å². The van der Waals surface area contributed by atoms with Crippen molar-refractivity contribution in [2.45, 2.75) is 19.9 Å². The van der Waals surface area contributed by atoms with Crippen LogP contribution in [-0.2, 0) is 20.9 Å². The van der Waals surface area contributed by atoms with Crippen LogP contribution in [0.5, 0.6) is 5.75 Å². The molecule has 0 fully saturated rings. The van der Waals surface area contributed by atoms with E-state index in [4.69, 9.17) is 9.84 Å². The zero-order chi connectivity index (χ0) is 18.4. The third-order valence-corrected chi connectivity index (χ3v) is 3.64. The number of carbonyl (C=O) groups excluding carboxylic acids is 2. The molecule has 2 rings (SSSR count). The second-order valence-corrected chi connectivity index (χ2v) is 5.45. The molecule has 25 heavy (non-hydrogen) atoms. The molecule has 3 N–H and O–H groups in total. The smallest absolute Gasteiger partial charge is 0.322 e. The normalized spacial score (nSPS) is 14.4. The largest absolute Gasteiger partial charge is 0.511 e. The summed E-state index contributed by atoms with van der Waals surface area (Å²) in [7, 11) is 0. The highest BCUT2D eigenvalue weighted by Crippen LogP contribution is 2.21. The number of carboxylic acid groups (broad SMARTS) is 1. The Bertz CT molecular complexity index is 696. The van der Waals surface area contributed by atoms with Gasteiger partial charge in [-0.05, 0) is 24.6 Å². The molecule has 0 unspecified atom stereocenters. The van der Waals surface area contributed by atoms with Gasteiger partial charge in [0.05, 0.1) is 6.61 Å². The number of hydrogen-bond acceptors (Lipinski definition) is 5. The molecule has 134 valence electrons. The highest BCUT2D eigenvalue weighted by molar-refractivity contribution is 6.19. The van der Waals surface area contributed by atoms with E-state index in [9.17, 15) is 19.5 Å². The molecular formula is C17H20N2O6. The van der Waals surface area contributed by atoms with Crippen LogP contribution in [0.4, 0.5) is 0 Å². The first kappa shape index (κ1) is 18.3. The van der Waals surface area contributed by atoms with Crippen molar-refractivity contribution in [1.29, 1.82) is 0 Å². The van der Waals surface area contributed by atoms with Crippen LogP contribution in [0.2, 0.25) is 0 Å². The minimum atomic E-state index is -1.23. The summed E-state index contributed by atoms with van der Waals surface area (Å²) < 4.78 is 5.36. The van der Waals surface area contributed by atoms with Gasteiger partial charge in [-0.2, -0.15) is 0 Å². The van der Waals surface area contributed by atoms with Crippen molar-refractivity contribution in [1.82, 2.24) is 10.2 Å². The monoisotopic (exact) mass is 348 g/mol. The van der Waals surface area contributed by atoms with Crippen molar-refractivity contribution in [2.75, 3.05) is 19.7 Å². The van der Waals surface area contributed by atoms with Gasteiger partial charge in [0.15, 0.2) is 0 Å². The lowest BCUT2D eigenvalue weighted by Crippen LogP contribution is -2.43. The first-order valence-electron chi connectivity index (χ1n) is 7.85. The van der Waals surface area contributed by atoms with Gasteiger partial charge in [0.1, 0.15) is 23.6 Å². The predicted octanol–water partition coefficient (Wildman–Crippen LogP) is 0.831. The second kappa shape index (κ2) is 8.18. The molecule has 1 aliphatic rings. The zero-order valence-corrected chi connectivity index (χ0v) is 13.8. The van der Waals surface area contributed by atoms with Gasteiger partial charge < -0.3 is 25.2 Å². The minimum absolute atomic E-state index is 0.137. The van der Waals surface area contributed by atoms with Crippen LogP contribution in [0.3, 0.4) is 0 Å². The number of rotatable bonds is 7. The second-order valence-electron chi connectivity index (χ2n) is 5.45. The SMILES string of the molecule is CCOc1ccc(CN2CCC(O)=C(C(=O)NCC(=O)O)C2=O)cc1. The van der Waals surface area contributed by atoms with E-state index in [1.165, 1.54) is 4.90 Å². The van der Waals surface area contributed by atoms with E-state index in [1.54, 1.807) is 12.1 Å². The molecule has 0 aliphatic carbocycles. The number of aliphatic hydroxyl groups excluding tert-OH is 1. The number of benzene rings is 1. The molecule has 0 spiro atoms. The first-order valence-corrected chi connectivity index (χ1v) is 7.85. The predicted molar refractivity (Wildman–Crippen MR) is 87.9 cm³/mol. The maximum Gasteiger partial charge on any atom is 0.322 e. The van der Waals surface area contributed by atoms with Crippen LogP contribution < -0.4 is 10.1 Å². The zero-order valence-electron chi connectivity index (χ0n) is 13.8. The van der Waals surface area contributed by atoms with E-state index in [2.05, 4.69) is 5.32 Å². The average Bonchev–Trinajstić information content (AvgIpc) is 2.57. The summed E-state index contributed by atoms with van der Waals surface area (Å²) in [5, 5.41) is 20.6. The number of carboxylic acids is 1. The molecule has 0 atom stereocenters. The number of nitrogens with one attached hydrogen (secondary N) is 1. The molecule has 1 heterocycles. The number of ether oxygens (including phenoxy) is 1. The van der Waals surface area contributed by atoms with Crippen LogP contribution in [-0.4, -0.2) is 52.6 Å². The third kappa shape index (κ3) is 4.72. The van der Waals surface area contributed by atoms with Gasteiger partial charge in [0, 0.05) is 19.5 Å². The van der Waals surface area contributed by atoms with E-state index >= 15 is 0 Å². The highest BCUT2D eigenvalue weighted by atomic mass is 16.5. The summed E-state index contributed by atoms with van der Waals surface area (Å²) in [6, 6.07) is 7.23. The van der Waals surface area contributed by atoms with Crippen LogP contribution in [0.15, 0.2) is 35.6 Å². The minimum Gasteiger partial charge on any atom is -0.511 e. The molecule has 1 aliphatic heterocycles. The van der Waals surface area contributed by atoms with Crippen LogP contribution in [0.1, 0.15) is 18.9 Å². The van der Waals surface area contributed by atoms with Crippen molar-refractivity contribution in [2.24, 2.45) is 0 Å². The summed E-state index contributed by atoms with van der Waals surface area (Å²) in [6.45, 7) is 2.36. The number of amides is 2. The first-order chi connectivity index (χ1) is 11.9. The Labute approximate surface area is 144 Å². The van der Waals surface area contributed by atoms with Crippen LogP contribution in [0, 0.1) is 0 Å². The number of aliphatic hydroxyl groups is 1. The van der Waals surface area contributed by atoms with E-state index in [1.807, 2.05) is 19.1 Å². The van der Waals surface area contributed by atoms with E-state index in [0.29, 0.717) is 6.61 Å². The molecule has 0 bridgehead atoms. The molecule has 0 saturated carbocycles. The number of hydrogen-bond donors (Lipinski definition) is 3. The summed E-state index contributed by atoms with van der Waals surface area (Å²) in [5.74, 6) is -2.34. The summed E-state index contributed by atoms with van der Waals surface area (Å²) in [6.07, 6.45) is 0.137. The molecule has 8 nitrogen and oxygen atoms in total. The van der Waals surface area contributed by atoms with Crippen molar-refractivity contribution < 1.29 is 29.3 Å². The van der Waals surface area contributed by atoms with Crippen LogP contribution in [0.25, 0.3) is 0 Å². The molecule has 1 aromatic carbocycles. The molecular weight excluding hydrogens is 328 g/mol. The Kier molecular flexibility index (Phi) is 5.99. The Morgan fingerprint density at radius 1 is 1.28 bits per heavy atom. The van der Waals surface area contributed by atoms with Crippen molar-refractivity contribution in [3.05, 3.63) is 41.2 Å². The maximum atomic E-state index is 12.5. The van der Waals surface area contributed by atoms with Gasteiger partial charge in [-0.15, -0.1) is 0 Å². The highest BCUT2D eigenvalue weighted by Gasteiger charge is 2.32. The van der Waals surface area contributed by atoms with Crippen molar-refractivity contribution in [3.63, 3.8) is 0 Å². The molecule has 0 radical (unpaired) electrons. The number of nitrogens with zero attached hydrogens (tertiary/aromatic N) is 1. The van der Waals surface area contributed by atoms with Gasteiger partial charge in [0.25, 0.3) is 11.8 Å². The fourth-order valence-corrected chi connectivity index (χ4v) is 2.45. The molecule has 0 aromatic heterocycles. The van der Waals surface area contributed by atoms with Crippen molar-refractivity contribution in [3.8, 4) is 5.75 Å².